The first-order valence-corrected chi connectivity index (χ1v) is 9.11. The van der Waals surface area contributed by atoms with Crippen molar-refractivity contribution in [2.45, 2.75) is 32.3 Å². The van der Waals surface area contributed by atoms with Crippen molar-refractivity contribution < 1.29 is 9.84 Å². The second-order valence-corrected chi connectivity index (χ2v) is 6.46. The molecule has 0 aromatic heterocycles. The highest BCUT2D eigenvalue weighted by Gasteiger charge is 2.20. The molecule has 0 heterocycles. The van der Waals surface area contributed by atoms with Crippen LogP contribution in [0.2, 0.25) is 5.02 Å². The third kappa shape index (κ3) is 7.07. The minimum absolute atomic E-state index is 0.261. The molecule has 0 radical (unpaired) electrons. The lowest BCUT2D eigenvalue weighted by Gasteiger charge is -2.14. The molecule has 0 aliphatic heterocycles. The third-order valence-electron chi connectivity index (χ3n) is 3.84. The Morgan fingerprint density at radius 3 is 2.88 bits per heavy atom. The first-order chi connectivity index (χ1) is 11.7. The molecule has 1 aliphatic rings. The van der Waals surface area contributed by atoms with Crippen LogP contribution < -0.4 is 10.6 Å². The molecule has 1 fully saturated rings. The molecule has 3 N–H and O–H groups in total. The number of ether oxygens (including phenoxy) is 1. The summed E-state index contributed by atoms with van der Waals surface area (Å²) in [6.45, 7) is 5.51. The molecule has 1 aliphatic carbocycles. The highest BCUT2D eigenvalue weighted by molar-refractivity contribution is 6.31. The van der Waals surface area contributed by atoms with Gasteiger partial charge in [0.15, 0.2) is 5.96 Å². The van der Waals surface area contributed by atoms with Crippen molar-refractivity contribution in [3.05, 3.63) is 34.9 Å². The van der Waals surface area contributed by atoms with Gasteiger partial charge in [0.2, 0.25) is 0 Å². The van der Waals surface area contributed by atoms with Crippen LogP contribution in [-0.4, -0.2) is 43.9 Å². The van der Waals surface area contributed by atoms with Gasteiger partial charge in [-0.2, -0.15) is 0 Å². The lowest BCUT2D eigenvalue weighted by atomic mass is 10.1. The van der Waals surface area contributed by atoms with Crippen molar-refractivity contribution in [3.8, 4) is 0 Å². The lowest BCUT2D eigenvalue weighted by molar-refractivity contribution is 0.123. The summed E-state index contributed by atoms with van der Waals surface area (Å²) in [5, 5.41) is 17.2. The second-order valence-electron chi connectivity index (χ2n) is 6.06. The van der Waals surface area contributed by atoms with E-state index in [1.807, 2.05) is 25.1 Å². The van der Waals surface area contributed by atoms with Gasteiger partial charge in [-0.3, -0.25) is 4.99 Å². The molecule has 1 atom stereocenters. The van der Waals surface area contributed by atoms with Gasteiger partial charge in [-0.05, 0) is 38.2 Å². The van der Waals surface area contributed by atoms with Gasteiger partial charge in [-0.15, -0.1) is 0 Å². The summed E-state index contributed by atoms with van der Waals surface area (Å²) < 4.78 is 5.61. The summed E-state index contributed by atoms with van der Waals surface area (Å²) in [4.78, 5) is 4.43. The standard InChI is InChI=1S/C18H28ClN3O2/c1-2-20-18(21-10-5-11-24-13-14-8-9-14)22-12-17(23)15-6-3-4-7-16(15)19/h3-4,6-7,14,17,23H,2,5,8-13H2,1H3,(H2,20,21,22). The number of aliphatic imine (C=N–C) groups is 1. The van der Waals surface area contributed by atoms with E-state index in [1.165, 1.54) is 12.8 Å². The first-order valence-electron chi connectivity index (χ1n) is 8.73. The molecule has 0 spiro atoms. The zero-order valence-electron chi connectivity index (χ0n) is 14.3. The van der Waals surface area contributed by atoms with Crippen LogP contribution in [0.25, 0.3) is 0 Å². The molecule has 2 rings (SSSR count). The molecule has 0 bridgehead atoms. The number of aliphatic hydroxyl groups excluding tert-OH is 1. The van der Waals surface area contributed by atoms with Crippen LogP contribution in [0.15, 0.2) is 29.3 Å². The Morgan fingerprint density at radius 2 is 2.17 bits per heavy atom. The predicted octanol–water partition coefficient (Wildman–Crippen LogP) is 2.75. The van der Waals surface area contributed by atoms with E-state index in [2.05, 4.69) is 15.6 Å². The molecule has 0 saturated heterocycles. The number of aliphatic hydroxyl groups is 1. The third-order valence-corrected chi connectivity index (χ3v) is 4.18. The van der Waals surface area contributed by atoms with Crippen LogP contribution in [0.3, 0.4) is 0 Å². The van der Waals surface area contributed by atoms with Crippen molar-refractivity contribution in [3.63, 3.8) is 0 Å². The zero-order chi connectivity index (χ0) is 17.2. The minimum atomic E-state index is -0.712. The molecule has 1 aromatic carbocycles. The summed E-state index contributed by atoms with van der Waals surface area (Å²) in [5.41, 5.74) is 0.701. The van der Waals surface area contributed by atoms with Gasteiger partial charge in [-0.25, -0.2) is 0 Å². The smallest absolute Gasteiger partial charge is 0.191 e. The zero-order valence-corrected chi connectivity index (χ0v) is 15.1. The van der Waals surface area contributed by atoms with Crippen molar-refractivity contribution in [2.24, 2.45) is 10.9 Å². The molecule has 134 valence electrons. The highest BCUT2D eigenvalue weighted by Crippen LogP contribution is 2.28. The number of guanidine groups is 1. The van der Waals surface area contributed by atoms with Crippen LogP contribution in [0.1, 0.15) is 37.9 Å². The van der Waals surface area contributed by atoms with Gasteiger partial charge < -0.3 is 20.5 Å². The Kier molecular flexibility index (Phi) is 8.36. The van der Waals surface area contributed by atoms with E-state index in [9.17, 15) is 5.11 Å². The number of nitrogens with zero attached hydrogens (tertiary/aromatic N) is 1. The Morgan fingerprint density at radius 1 is 1.38 bits per heavy atom. The summed E-state index contributed by atoms with van der Waals surface area (Å²) in [5.74, 6) is 1.51. The van der Waals surface area contributed by atoms with Gasteiger partial charge in [-0.1, -0.05) is 29.8 Å². The van der Waals surface area contributed by atoms with Gasteiger partial charge in [0.05, 0.1) is 6.54 Å². The monoisotopic (exact) mass is 353 g/mol. The molecule has 1 saturated carbocycles. The fraction of sp³-hybridized carbons (Fsp3) is 0.611. The minimum Gasteiger partial charge on any atom is -0.386 e. The molecule has 6 heteroatoms. The van der Waals surface area contributed by atoms with E-state index in [4.69, 9.17) is 16.3 Å². The van der Waals surface area contributed by atoms with E-state index in [-0.39, 0.29) is 6.54 Å². The number of halogens is 1. The first kappa shape index (κ1) is 19.0. The van der Waals surface area contributed by atoms with Crippen molar-refractivity contribution in [1.29, 1.82) is 0 Å². The number of rotatable bonds is 10. The fourth-order valence-electron chi connectivity index (χ4n) is 2.28. The molecule has 0 amide bonds. The maximum Gasteiger partial charge on any atom is 0.191 e. The summed E-state index contributed by atoms with van der Waals surface area (Å²) in [7, 11) is 0. The predicted molar refractivity (Wildman–Crippen MR) is 98.6 cm³/mol. The van der Waals surface area contributed by atoms with E-state index >= 15 is 0 Å². The average Bonchev–Trinajstić information content (AvgIpc) is 3.40. The Hall–Kier alpha value is -1.30. The molecule has 24 heavy (non-hydrogen) atoms. The SMILES string of the molecule is CCNC(=NCC(O)c1ccccc1Cl)NCCCOCC1CC1. The summed E-state index contributed by atoms with van der Waals surface area (Å²) in [6, 6.07) is 7.30. The van der Waals surface area contributed by atoms with Gasteiger partial charge in [0, 0.05) is 36.9 Å². The lowest BCUT2D eigenvalue weighted by Crippen LogP contribution is -2.38. The van der Waals surface area contributed by atoms with Crippen LogP contribution in [0.5, 0.6) is 0 Å². The molecule has 1 aromatic rings. The van der Waals surface area contributed by atoms with Gasteiger partial charge >= 0.3 is 0 Å². The highest BCUT2D eigenvalue weighted by atomic mass is 35.5. The summed E-state index contributed by atoms with van der Waals surface area (Å²) >= 11 is 6.10. The van der Waals surface area contributed by atoms with Crippen molar-refractivity contribution >= 4 is 17.6 Å². The Balaban J connectivity index is 1.71. The normalized spacial score (nSPS) is 16.0. The van der Waals surface area contributed by atoms with Gasteiger partial charge in [0.1, 0.15) is 6.10 Å². The maximum atomic E-state index is 10.3. The van der Waals surface area contributed by atoms with E-state index < -0.39 is 6.10 Å². The van der Waals surface area contributed by atoms with Crippen LogP contribution in [-0.2, 0) is 4.74 Å². The Bertz CT molecular complexity index is 521. The van der Waals surface area contributed by atoms with Crippen molar-refractivity contribution in [1.82, 2.24) is 10.6 Å². The van der Waals surface area contributed by atoms with Crippen molar-refractivity contribution in [2.75, 3.05) is 32.8 Å². The van der Waals surface area contributed by atoms with E-state index in [0.29, 0.717) is 16.5 Å². The summed E-state index contributed by atoms with van der Waals surface area (Å²) in [6.07, 6.45) is 2.87. The molecular formula is C18H28ClN3O2. The van der Waals surface area contributed by atoms with Gasteiger partial charge in [0.25, 0.3) is 0 Å². The molecule has 5 nitrogen and oxygen atoms in total. The molecule has 1 unspecified atom stereocenters. The Labute approximate surface area is 149 Å². The topological polar surface area (TPSA) is 65.9 Å². The largest absolute Gasteiger partial charge is 0.386 e. The second kappa shape index (κ2) is 10.5. The van der Waals surface area contributed by atoms with E-state index in [1.54, 1.807) is 6.07 Å². The van der Waals surface area contributed by atoms with Crippen LogP contribution in [0, 0.1) is 5.92 Å². The maximum absolute atomic E-state index is 10.3. The number of hydrogen-bond donors (Lipinski definition) is 3. The van der Waals surface area contributed by atoms with Crippen LogP contribution >= 0.6 is 11.6 Å². The average molecular weight is 354 g/mol. The van der Waals surface area contributed by atoms with E-state index in [0.717, 1.165) is 38.6 Å². The number of hydrogen-bond acceptors (Lipinski definition) is 3. The molecular weight excluding hydrogens is 326 g/mol. The van der Waals surface area contributed by atoms with Crippen LogP contribution in [0.4, 0.5) is 0 Å². The number of benzene rings is 1. The fourth-order valence-corrected chi connectivity index (χ4v) is 2.54. The number of nitrogens with one attached hydrogen (secondary N) is 2. The quantitative estimate of drug-likeness (QED) is 0.344.